The van der Waals surface area contributed by atoms with E-state index in [1.165, 1.54) is 24.3 Å². The number of fused-ring (bicyclic) bond motifs is 1. The molecule has 2 aliphatic rings. The summed E-state index contributed by atoms with van der Waals surface area (Å²) in [6.45, 7) is 5.90. The highest BCUT2D eigenvalue weighted by Crippen LogP contribution is 2.37. The number of benzene rings is 1. The zero-order valence-electron chi connectivity index (χ0n) is 20.0. The SMILES string of the molecule is Cc1cc2c(cn1)CC(=NC(=O)c1ccc(F)cc1)N2C1CCC(C(=O)NC(C)C)CC1.O=S=O. The molecule has 0 bridgehead atoms. The van der Waals surface area contributed by atoms with Crippen molar-refractivity contribution >= 4 is 34.9 Å². The maximum Gasteiger partial charge on any atom is 0.335 e. The molecular weight excluding hydrogens is 471 g/mol. The van der Waals surface area contributed by atoms with Crippen LogP contribution in [0.3, 0.4) is 0 Å². The molecule has 2 amide bonds. The molecule has 1 aliphatic heterocycles. The minimum Gasteiger partial charge on any atom is -0.354 e. The highest BCUT2D eigenvalue weighted by Gasteiger charge is 2.36. The smallest absolute Gasteiger partial charge is 0.335 e. The maximum atomic E-state index is 13.2. The molecule has 1 aliphatic carbocycles. The van der Waals surface area contributed by atoms with Gasteiger partial charge in [0.2, 0.25) is 5.91 Å². The van der Waals surface area contributed by atoms with Gasteiger partial charge in [-0.1, -0.05) is 0 Å². The molecule has 0 unspecified atom stereocenters. The molecule has 10 heteroatoms. The van der Waals surface area contributed by atoms with Gasteiger partial charge in [-0.3, -0.25) is 14.6 Å². The number of amides is 2. The van der Waals surface area contributed by atoms with Crippen molar-refractivity contribution in [1.82, 2.24) is 10.3 Å². The standard InChI is InChI=1S/C25H29FN4O2.O2S/c1-15(2)28-24(31)18-6-10-21(11-7-18)30-22-12-16(3)27-14-19(22)13-23(30)29-25(32)17-4-8-20(26)9-5-17;1-3-2/h4-5,8-9,12,14-15,18,21H,6-7,10-11,13H2,1-3H3,(H,28,31);. The van der Waals surface area contributed by atoms with Gasteiger partial charge in [0, 0.05) is 53.1 Å². The van der Waals surface area contributed by atoms with Gasteiger partial charge in [-0.2, -0.15) is 13.4 Å². The molecule has 1 saturated carbocycles. The molecule has 0 saturated heterocycles. The van der Waals surface area contributed by atoms with E-state index < -0.39 is 11.6 Å². The normalized spacial score (nSPS) is 20.1. The Bertz CT molecular complexity index is 1140. The first kappa shape index (κ1) is 26.3. The lowest BCUT2D eigenvalue weighted by atomic mass is 9.84. The monoisotopic (exact) mass is 500 g/mol. The number of pyridine rings is 1. The number of amidine groups is 1. The number of aliphatic imine (C=N–C) groups is 1. The third-order valence-electron chi connectivity index (χ3n) is 6.17. The van der Waals surface area contributed by atoms with Gasteiger partial charge in [0.25, 0.3) is 5.91 Å². The number of carbonyl (C=O) groups excluding carboxylic acids is 2. The molecule has 1 aromatic heterocycles. The van der Waals surface area contributed by atoms with Gasteiger partial charge in [-0.15, -0.1) is 0 Å². The lowest BCUT2D eigenvalue weighted by molar-refractivity contribution is -0.126. The van der Waals surface area contributed by atoms with Crippen molar-refractivity contribution < 1.29 is 22.4 Å². The minimum atomic E-state index is -0.750. The van der Waals surface area contributed by atoms with Crippen LogP contribution in [0.2, 0.25) is 0 Å². The number of aromatic nitrogens is 1. The van der Waals surface area contributed by atoms with Crippen LogP contribution in [-0.4, -0.2) is 43.1 Å². The molecule has 2 aromatic rings. The Hall–Kier alpha value is -3.27. The fourth-order valence-electron chi connectivity index (χ4n) is 4.60. The Kier molecular flexibility index (Phi) is 8.97. The van der Waals surface area contributed by atoms with E-state index in [0.29, 0.717) is 17.8 Å². The summed E-state index contributed by atoms with van der Waals surface area (Å²) in [5, 5.41) is 3.02. The van der Waals surface area contributed by atoms with E-state index in [9.17, 15) is 14.0 Å². The van der Waals surface area contributed by atoms with Crippen molar-refractivity contribution in [2.45, 2.75) is 65.0 Å². The van der Waals surface area contributed by atoms with Gasteiger partial charge < -0.3 is 10.2 Å². The summed E-state index contributed by atoms with van der Waals surface area (Å²) in [6.07, 6.45) is 5.69. The van der Waals surface area contributed by atoms with Gasteiger partial charge in [-0.05, 0) is 76.8 Å². The van der Waals surface area contributed by atoms with Crippen LogP contribution in [0.4, 0.5) is 10.1 Å². The molecule has 1 fully saturated rings. The molecule has 186 valence electrons. The highest BCUT2D eigenvalue weighted by atomic mass is 32.1. The Labute approximate surface area is 207 Å². The Balaban J connectivity index is 0.00000108. The summed E-state index contributed by atoms with van der Waals surface area (Å²) in [6, 6.07) is 7.80. The fourth-order valence-corrected chi connectivity index (χ4v) is 4.60. The van der Waals surface area contributed by atoms with E-state index in [1.54, 1.807) is 0 Å². The summed E-state index contributed by atoms with van der Waals surface area (Å²) in [4.78, 5) is 36.3. The lowest BCUT2D eigenvalue weighted by Gasteiger charge is -2.36. The molecule has 0 atom stereocenters. The number of halogens is 1. The third-order valence-corrected chi connectivity index (χ3v) is 6.17. The lowest BCUT2D eigenvalue weighted by Crippen LogP contribution is -2.44. The van der Waals surface area contributed by atoms with E-state index in [0.717, 1.165) is 42.6 Å². The molecule has 0 spiro atoms. The average Bonchev–Trinajstić information content (AvgIpc) is 3.16. The van der Waals surface area contributed by atoms with E-state index in [-0.39, 0.29) is 35.6 Å². The maximum absolute atomic E-state index is 13.2. The molecular formula is C25H29FN4O4S. The predicted octanol–water partition coefficient (Wildman–Crippen LogP) is 3.54. The van der Waals surface area contributed by atoms with Crippen LogP contribution in [0.5, 0.6) is 0 Å². The number of anilines is 1. The van der Waals surface area contributed by atoms with Crippen molar-refractivity contribution in [1.29, 1.82) is 0 Å². The topological polar surface area (TPSA) is 109 Å². The Morgan fingerprint density at radius 3 is 2.37 bits per heavy atom. The number of hydrogen-bond donors (Lipinski definition) is 1. The second kappa shape index (κ2) is 11.9. The summed E-state index contributed by atoms with van der Waals surface area (Å²) < 4.78 is 29.8. The van der Waals surface area contributed by atoms with Crippen LogP contribution in [0.15, 0.2) is 41.5 Å². The van der Waals surface area contributed by atoms with Crippen LogP contribution in [-0.2, 0) is 22.8 Å². The van der Waals surface area contributed by atoms with Crippen molar-refractivity contribution in [3.8, 4) is 0 Å². The summed E-state index contributed by atoms with van der Waals surface area (Å²) in [5.74, 6) is 0.0741. The van der Waals surface area contributed by atoms with Crippen molar-refractivity contribution in [2.24, 2.45) is 10.9 Å². The molecule has 8 nitrogen and oxygen atoms in total. The van der Waals surface area contributed by atoms with E-state index in [2.05, 4.69) is 20.2 Å². The van der Waals surface area contributed by atoms with Crippen LogP contribution < -0.4 is 10.2 Å². The number of rotatable bonds is 4. The second-order valence-corrected chi connectivity index (χ2v) is 9.21. The first-order valence-corrected chi connectivity index (χ1v) is 12.2. The fraction of sp³-hybridized carbons (Fsp3) is 0.440. The van der Waals surface area contributed by atoms with Gasteiger partial charge in [0.1, 0.15) is 11.7 Å². The zero-order chi connectivity index (χ0) is 25.5. The molecule has 4 rings (SSSR count). The van der Waals surface area contributed by atoms with Gasteiger partial charge >= 0.3 is 11.6 Å². The van der Waals surface area contributed by atoms with Crippen LogP contribution in [0, 0.1) is 18.7 Å². The summed E-state index contributed by atoms with van der Waals surface area (Å²) >= 11 is -0.750. The van der Waals surface area contributed by atoms with Gasteiger partial charge in [0.15, 0.2) is 0 Å². The number of hydrogen-bond acceptors (Lipinski definition) is 5. The Morgan fingerprint density at radius 2 is 1.77 bits per heavy atom. The highest BCUT2D eigenvalue weighted by molar-refractivity contribution is 7.51. The molecule has 35 heavy (non-hydrogen) atoms. The van der Waals surface area contributed by atoms with Gasteiger partial charge in [-0.25, -0.2) is 4.39 Å². The zero-order valence-corrected chi connectivity index (χ0v) is 20.8. The van der Waals surface area contributed by atoms with Crippen molar-refractivity contribution in [2.75, 3.05) is 4.90 Å². The average molecular weight is 501 g/mol. The number of carbonyl (C=O) groups is 2. The minimum absolute atomic E-state index is 0.0242. The summed E-state index contributed by atoms with van der Waals surface area (Å²) in [5.41, 5.74) is 3.35. The van der Waals surface area contributed by atoms with Crippen LogP contribution >= 0.6 is 0 Å². The quantitative estimate of drug-likeness (QED) is 0.688. The van der Waals surface area contributed by atoms with Crippen LogP contribution in [0.25, 0.3) is 0 Å². The van der Waals surface area contributed by atoms with E-state index >= 15 is 0 Å². The third kappa shape index (κ3) is 6.66. The number of aryl methyl sites for hydroxylation is 1. The largest absolute Gasteiger partial charge is 0.354 e. The summed E-state index contributed by atoms with van der Waals surface area (Å²) in [7, 11) is 0. The number of nitrogens with zero attached hydrogens (tertiary/aromatic N) is 3. The van der Waals surface area contributed by atoms with E-state index in [4.69, 9.17) is 8.42 Å². The number of nitrogens with one attached hydrogen (secondary N) is 1. The second-order valence-electron chi connectivity index (χ2n) is 9.08. The first-order chi connectivity index (χ1) is 16.7. The van der Waals surface area contributed by atoms with Crippen molar-refractivity contribution in [3.63, 3.8) is 0 Å². The molecule has 2 heterocycles. The van der Waals surface area contributed by atoms with Crippen molar-refractivity contribution in [3.05, 3.63) is 59.2 Å². The molecule has 1 aromatic carbocycles. The molecule has 0 radical (unpaired) electrons. The van der Waals surface area contributed by atoms with Gasteiger partial charge in [0.05, 0.1) is 0 Å². The van der Waals surface area contributed by atoms with Crippen LogP contribution in [0.1, 0.15) is 61.1 Å². The molecule has 1 N–H and O–H groups in total. The van der Waals surface area contributed by atoms with E-state index in [1.807, 2.05) is 33.0 Å². The first-order valence-electron chi connectivity index (χ1n) is 11.6. The predicted molar refractivity (Wildman–Crippen MR) is 131 cm³/mol. The Morgan fingerprint density at radius 1 is 1.14 bits per heavy atom.